The lowest BCUT2D eigenvalue weighted by Crippen LogP contribution is -2.55. The summed E-state index contributed by atoms with van der Waals surface area (Å²) in [7, 11) is 0. The van der Waals surface area contributed by atoms with Gasteiger partial charge in [-0.15, -0.1) is 0 Å². The number of pyridine rings is 1. The highest BCUT2D eigenvalue weighted by atomic mass is 19.1. The maximum atomic E-state index is 16.1. The number of fused-ring (bicyclic) bond motifs is 2. The number of hydrogen-bond donors (Lipinski definition) is 0. The zero-order chi connectivity index (χ0) is 27.5. The minimum atomic E-state index is -0.650. The van der Waals surface area contributed by atoms with Crippen LogP contribution in [0.25, 0.3) is 32.9 Å². The standard InChI is InChI=1S/C29H23FN6O3/c1-3-24(37)36-12-11-35(16-19(36)9-10-31)29-23-15-32-27(26(30)28(23)33-17-34-29)22-14-20(39-25(38)4-2)13-18-7-5-6-8-21(18)22/h3-8,13-15,17,19H,1-2,9,11-12,16H2/t19-/m0/s1. The lowest BCUT2D eigenvalue weighted by Gasteiger charge is -2.41. The van der Waals surface area contributed by atoms with E-state index in [1.807, 2.05) is 29.2 Å². The summed E-state index contributed by atoms with van der Waals surface area (Å²) < 4.78 is 21.4. The number of hydrogen-bond acceptors (Lipinski definition) is 8. The Hall–Kier alpha value is -5.17. The first-order valence-corrected chi connectivity index (χ1v) is 12.2. The van der Waals surface area contributed by atoms with Gasteiger partial charge in [-0.05, 0) is 29.0 Å². The number of aromatic nitrogens is 3. The van der Waals surface area contributed by atoms with Crippen LogP contribution in [-0.4, -0.2) is 57.4 Å². The zero-order valence-corrected chi connectivity index (χ0v) is 20.9. The maximum absolute atomic E-state index is 16.1. The summed E-state index contributed by atoms with van der Waals surface area (Å²) in [6.07, 6.45) is 5.22. The van der Waals surface area contributed by atoms with E-state index in [1.165, 1.54) is 18.6 Å². The Morgan fingerprint density at radius 2 is 1.95 bits per heavy atom. The van der Waals surface area contributed by atoms with Crippen molar-refractivity contribution in [1.82, 2.24) is 19.9 Å². The number of carbonyl (C=O) groups excluding carboxylic acids is 2. The quantitative estimate of drug-likeness (QED) is 0.211. The van der Waals surface area contributed by atoms with Crippen molar-refractivity contribution in [3.63, 3.8) is 0 Å². The molecule has 4 aromatic rings. The van der Waals surface area contributed by atoms with E-state index in [4.69, 9.17) is 4.74 Å². The average Bonchev–Trinajstić information content (AvgIpc) is 2.96. The fourth-order valence-corrected chi connectivity index (χ4v) is 4.85. The summed E-state index contributed by atoms with van der Waals surface area (Å²) in [5.41, 5.74) is 0.553. The van der Waals surface area contributed by atoms with Crippen LogP contribution in [0, 0.1) is 17.1 Å². The summed E-state index contributed by atoms with van der Waals surface area (Å²) in [5, 5.41) is 11.2. The molecule has 9 nitrogen and oxygen atoms in total. The molecule has 10 heteroatoms. The van der Waals surface area contributed by atoms with E-state index in [1.54, 1.807) is 17.0 Å². The molecular weight excluding hydrogens is 499 g/mol. The molecule has 0 bridgehead atoms. The molecule has 0 spiro atoms. The summed E-state index contributed by atoms with van der Waals surface area (Å²) >= 11 is 0. The number of anilines is 1. The van der Waals surface area contributed by atoms with E-state index in [-0.39, 0.29) is 35.3 Å². The van der Waals surface area contributed by atoms with Crippen molar-refractivity contribution < 1.29 is 18.7 Å². The van der Waals surface area contributed by atoms with E-state index in [9.17, 15) is 14.9 Å². The van der Waals surface area contributed by atoms with Gasteiger partial charge in [0.25, 0.3) is 0 Å². The monoisotopic (exact) mass is 522 g/mol. The molecule has 39 heavy (non-hydrogen) atoms. The third kappa shape index (κ3) is 4.78. The molecule has 0 N–H and O–H groups in total. The van der Waals surface area contributed by atoms with Gasteiger partial charge in [-0.3, -0.25) is 9.78 Å². The van der Waals surface area contributed by atoms with Crippen molar-refractivity contribution >= 4 is 39.4 Å². The molecule has 3 heterocycles. The molecule has 1 amide bonds. The van der Waals surface area contributed by atoms with Gasteiger partial charge in [-0.25, -0.2) is 19.2 Å². The lowest BCUT2D eigenvalue weighted by atomic mass is 10.00. The van der Waals surface area contributed by atoms with Crippen molar-refractivity contribution in [2.24, 2.45) is 0 Å². The highest BCUT2D eigenvalue weighted by Crippen LogP contribution is 2.36. The fourth-order valence-electron chi connectivity index (χ4n) is 4.85. The van der Waals surface area contributed by atoms with Gasteiger partial charge in [-0.2, -0.15) is 5.26 Å². The number of benzene rings is 2. The number of nitriles is 1. The van der Waals surface area contributed by atoms with Crippen molar-refractivity contribution in [2.45, 2.75) is 12.5 Å². The summed E-state index contributed by atoms with van der Waals surface area (Å²) in [6.45, 7) is 8.10. The van der Waals surface area contributed by atoms with E-state index in [0.717, 1.165) is 16.8 Å². The molecule has 2 aromatic heterocycles. The van der Waals surface area contributed by atoms with E-state index < -0.39 is 11.8 Å². The van der Waals surface area contributed by atoms with E-state index in [2.05, 4.69) is 34.2 Å². The highest BCUT2D eigenvalue weighted by molar-refractivity contribution is 6.00. The normalized spacial score (nSPS) is 15.1. The molecule has 0 unspecified atom stereocenters. The van der Waals surface area contributed by atoms with E-state index in [0.29, 0.717) is 36.4 Å². The molecule has 1 saturated heterocycles. The Labute approximate surface area is 223 Å². The number of piperazine rings is 1. The first kappa shape index (κ1) is 25.5. The largest absolute Gasteiger partial charge is 0.423 e. The van der Waals surface area contributed by atoms with Crippen molar-refractivity contribution in [2.75, 3.05) is 24.5 Å². The summed E-state index contributed by atoms with van der Waals surface area (Å²) in [5.74, 6) is -0.834. The molecule has 0 saturated carbocycles. The maximum Gasteiger partial charge on any atom is 0.335 e. The molecule has 0 radical (unpaired) electrons. The first-order valence-electron chi connectivity index (χ1n) is 12.2. The van der Waals surface area contributed by atoms with Crippen LogP contribution in [0.2, 0.25) is 0 Å². The number of rotatable bonds is 6. The number of ether oxygens (including phenoxy) is 1. The Morgan fingerprint density at radius 1 is 1.13 bits per heavy atom. The number of halogens is 1. The second kappa shape index (κ2) is 10.7. The Morgan fingerprint density at radius 3 is 2.72 bits per heavy atom. The van der Waals surface area contributed by atoms with Gasteiger partial charge in [0.1, 0.15) is 29.1 Å². The van der Waals surface area contributed by atoms with Crippen molar-refractivity contribution in [1.29, 1.82) is 5.26 Å². The number of esters is 1. The third-order valence-corrected chi connectivity index (χ3v) is 6.64. The third-order valence-electron chi connectivity index (χ3n) is 6.64. The molecule has 5 rings (SSSR count). The molecule has 1 atom stereocenters. The van der Waals surface area contributed by atoms with Gasteiger partial charge in [0.15, 0.2) is 5.82 Å². The van der Waals surface area contributed by atoms with E-state index >= 15 is 4.39 Å². The van der Waals surface area contributed by atoms with Gasteiger partial charge < -0.3 is 14.5 Å². The Kier molecular flexibility index (Phi) is 6.97. The predicted molar refractivity (Wildman–Crippen MR) is 144 cm³/mol. The minimum absolute atomic E-state index is 0.0450. The number of amides is 1. The molecule has 1 fully saturated rings. The fraction of sp³-hybridized carbons (Fsp3) is 0.172. The Balaban J connectivity index is 1.58. The van der Waals surface area contributed by atoms with Crippen LogP contribution in [0.15, 0.2) is 74.2 Å². The van der Waals surface area contributed by atoms with Crippen LogP contribution >= 0.6 is 0 Å². The molecule has 1 aliphatic heterocycles. The highest BCUT2D eigenvalue weighted by Gasteiger charge is 2.31. The topological polar surface area (TPSA) is 112 Å². The molecule has 0 aliphatic carbocycles. The smallest absolute Gasteiger partial charge is 0.335 e. The molecule has 2 aromatic carbocycles. The van der Waals surface area contributed by atoms with Crippen LogP contribution in [0.4, 0.5) is 10.2 Å². The molecule has 194 valence electrons. The van der Waals surface area contributed by atoms with Crippen LogP contribution in [0.5, 0.6) is 5.75 Å². The predicted octanol–water partition coefficient (Wildman–Crippen LogP) is 4.19. The average molecular weight is 523 g/mol. The zero-order valence-electron chi connectivity index (χ0n) is 20.9. The van der Waals surface area contributed by atoms with Gasteiger partial charge in [0, 0.05) is 37.5 Å². The van der Waals surface area contributed by atoms with Crippen LogP contribution in [0.3, 0.4) is 0 Å². The van der Waals surface area contributed by atoms with Crippen LogP contribution < -0.4 is 9.64 Å². The summed E-state index contributed by atoms with van der Waals surface area (Å²) in [4.78, 5) is 40.7. The van der Waals surface area contributed by atoms with Gasteiger partial charge in [0.05, 0.1) is 23.9 Å². The second-order valence-electron chi connectivity index (χ2n) is 8.90. The lowest BCUT2D eigenvalue weighted by molar-refractivity contribution is -0.129. The van der Waals surface area contributed by atoms with Gasteiger partial charge in [0.2, 0.25) is 5.91 Å². The Bertz CT molecular complexity index is 1680. The van der Waals surface area contributed by atoms with Crippen molar-refractivity contribution in [3.05, 3.63) is 80.0 Å². The van der Waals surface area contributed by atoms with Crippen LogP contribution in [0.1, 0.15) is 6.42 Å². The number of carbonyl (C=O) groups is 2. The summed E-state index contributed by atoms with van der Waals surface area (Å²) in [6, 6.07) is 12.3. The SMILES string of the molecule is C=CC(=O)Oc1cc(-c2ncc3c(N4CCN(C(=O)C=C)[C@@H](CC#N)C4)ncnc3c2F)c2ccccc2c1. The first-order chi connectivity index (χ1) is 18.9. The van der Waals surface area contributed by atoms with Gasteiger partial charge in [-0.1, -0.05) is 37.4 Å². The van der Waals surface area contributed by atoms with Crippen molar-refractivity contribution in [3.8, 4) is 23.1 Å². The van der Waals surface area contributed by atoms with Gasteiger partial charge >= 0.3 is 5.97 Å². The minimum Gasteiger partial charge on any atom is -0.423 e. The molecular formula is C29H23FN6O3. The second-order valence-corrected chi connectivity index (χ2v) is 8.90. The molecule has 1 aliphatic rings. The number of nitrogens with zero attached hydrogens (tertiary/aromatic N) is 6. The van der Waals surface area contributed by atoms with Crippen LogP contribution in [-0.2, 0) is 9.59 Å².